The molecule has 0 aliphatic heterocycles. The second-order valence-electron chi connectivity index (χ2n) is 3.12. The van der Waals surface area contributed by atoms with E-state index >= 15 is 0 Å². The molecule has 0 fully saturated rings. The molecule has 0 aromatic heterocycles. The number of fused-ring (bicyclic) bond motifs is 1. The van der Waals surface area contributed by atoms with Crippen LogP contribution >= 0.6 is 0 Å². The van der Waals surface area contributed by atoms with E-state index in [1.807, 2.05) is 0 Å². The molecule has 0 radical (unpaired) electrons. The van der Waals surface area contributed by atoms with Crippen molar-refractivity contribution < 1.29 is 5.11 Å². The molecule has 2 rings (SSSR count). The quantitative estimate of drug-likeness (QED) is 0.507. The first kappa shape index (κ1) is 6.02. The topological polar surface area (TPSA) is 20.2 Å². The average molecular weight is 136 g/mol. The normalized spacial score (nSPS) is 31.0. The first-order valence-corrected chi connectivity index (χ1v) is 3.94. The Morgan fingerprint density at radius 2 is 2.30 bits per heavy atom. The lowest BCUT2D eigenvalue weighted by Gasteiger charge is -2.14. The van der Waals surface area contributed by atoms with Crippen LogP contribution in [0.5, 0.6) is 0 Å². The van der Waals surface area contributed by atoms with Gasteiger partial charge in [0.05, 0.1) is 5.76 Å². The van der Waals surface area contributed by atoms with Crippen LogP contribution in [0.4, 0.5) is 0 Å². The van der Waals surface area contributed by atoms with Gasteiger partial charge >= 0.3 is 0 Å². The molecular formula is C9H12O. The summed E-state index contributed by atoms with van der Waals surface area (Å²) < 4.78 is 0. The highest BCUT2D eigenvalue weighted by Crippen LogP contribution is 2.37. The summed E-state index contributed by atoms with van der Waals surface area (Å²) in [6, 6.07) is 0. The molecule has 0 saturated carbocycles. The molecule has 0 saturated heterocycles. The van der Waals surface area contributed by atoms with Crippen LogP contribution in [-0.4, -0.2) is 5.11 Å². The molecule has 2 aliphatic rings. The van der Waals surface area contributed by atoms with E-state index in [0.29, 0.717) is 11.7 Å². The molecule has 1 atom stereocenters. The smallest absolute Gasteiger partial charge is 0.0920 e. The number of allylic oxidation sites excluding steroid dienone is 4. The second-order valence-corrected chi connectivity index (χ2v) is 3.12. The molecule has 0 bridgehead atoms. The number of hydrogen-bond donors (Lipinski definition) is 1. The molecule has 54 valence electrons. The molecular weight excluding hydrogens is 124 g/mol. The van der Waals surface area contributed by atoms with Gasteiger partial charge in [-0.3, -0.25) is 0 Å². The maximum absolute atomic E-state index is 9.37. The summed E-state index contributed by atoms with van der Waals surface area (Å²) in [5.74, 6) is 1.36. The van der Waals surface area contributed by atoms with Gasteiger partial charge < -0.3 is 5.11 Å². The number of hydrogen-bond acceptors (Lipinski definition) is 1. The van der Waals surface area contributed by atoms with Crippen molar-refractivity contribution in [3.05, 3.63) is 23.5 Å². The molecule has 0 amide bonds. The Kier molecular flexibility index (Phi) is 1.30. The number of aliphatic hydroxyl groups is 1. The minimum Gasteiger partial charge on any atom is -0.512 e. The maximum atomic E-state index is 9.37. The fourth-order valence-corrected chi connectivity index (χ4v) is 1.90. The van der Waals surface area contributed by atoms with E-state index < -0.39 is 0 Å². The zero-order valence-corrected chi connectivity index (χ0v) is 6.01. The zero-order valence-electron chi connectivity index (χ0n) is 6.01. The summed E-state index contributed by atoms with van der Waals surface area (Å²) in [5.41, 5.74) is 1.31. The van der Waals surface area contributed by atoms with Crippen LogP contribution in [0.15, 0.2) is 23.5 Å². The summed E-state index contributed by atoms with van der Waals surface area (Å²) in [5, 5.41) is 9.37. The van der Waals surface area contributed by atoms with Crippen LogP contribution in [0, 0.1) is 5.92 Å². The summed E-state index contributed by atoms with van der Waals surface area (Å²) >= 11 is 0. The van der Waals surface area contributed by atoms with Crippen LogP contribution in [0.2, 0.25) is 0 Å². The van der Waals surface area contributed by atoms with Gasteiger partial charge in [-0.2, -0.15) is 0 Å². The van der Waals surface area contributed by atoms with Crippen molar-refractivity contribution in [1.29, 1.82) is 0 Å². The third-order valence-corrected chi connectivity index (χ3v) is 2.52. The molecule has 1 heteroatoms. The van der Waals surface area contributed by atoms with Crippen LogP contribution < -0.4 is 0 Å². The highest BCUT2D eigenvalue weighted by Gasteiger charge is 2.24. The molecule has 0 heterocycles. The monoisotopic (exact) mass is 136 g/mol. The summed E-state index contributed by atoms with van der Waals surface area (Å²) in [6.07, 6.45) is 8.63. The second kappa shape index (κ2) is 2.15. The number of aliphatic hydroxyl groups excluding tert-OH is 1. The van der Waals surface area contributed by atoms with E-state index in [0.717, 1.165) is 19.3 Å². The molecule has 1 nitrogen and oxygen atoms in total. The van der Waals surface area contributed by atoms with Gasteiger partial charge in [0, 0.05) is 6.42 Å². The van der Waals surface area contributed by atoms with Crippen molar-refractivity contribution in [1.82, 2.24) is 0 Å². The predicted molar refractivity (Wildman–Crippen MR) is 40.8 cm³/mol. The van der Waals surface area contributed by atoms with E-state index in [9.17, 15) is 5.11 Å². The van der Waals surface area contributed by atoms with Crippen molar-refractivity contribution in [2.45, 2.75) is 25.7 Å². The Balaban J connectivity index is 2.28. The van der Waals surface area contributed by atoms with Crippen molar-refractivity contribution in [2.24, 2.45) is 5.92 Å². The van der Waals surface area contributed by atoms with E-state index in [1.165, 1.54) is 12.0 Å². The van der Waals surface area contributed by atoms with Gasteiger partial charge in [0.1, 0.15) is 0 Å². The van der Waals surface area contributed by atoms with E-state index in [-0.39, 0.29) is 0 Å². The Hall–Kier alpha value is -0.720. The summed E-state index contributed by atoms with van der Waals surface area (Å²) in [6.45, 7) is 0. The van der Waals surface area contributed by atoms with Crippen LogP contribution in [-0.2, 0) is 0 Å². The lowest BCUT2D eigenvalue weighted by molar-refractivity contribution is 0.392. The SMILES string of the molecule is OC1=C2CC=CC[C@@H]2CC1. The van der Waals surface area contributed by atoms with Gasteiger partial charge in [0.2, 0.25) is 0 Å². The minimum atomic E-state index is 0.675. The maximum Gasteiger partial charge on any atom is 0.0920 e. The molecule has 10 heavy (non-hydrogen) atoms. The summed E-state index contributed by atoms with van der Waals surface area (Å²) in [4.78, 5) is 0. The van der Waals surface area contributed by atoms with Gasteiger partial charge in [-0.1, -0.05) is 12.2 Å². The van der Waals surface area contributed by atoms with Crippen LogP contribution in [0.3, 0.4) is 0 Å². The van der Waals surface area contributed by atoms with Gasteiger partial charge in [-0.25, -0.2) is 0 Å². The van der Waals surface area contributed by atoms with E-state index in [2.05, 4.69) is 12.2 Å². The van der Waals surface area contributed by atoms with Gasteiger partial charge in [-0.15, -0.1) is 0 Å². The number of rotatable bonds is 0. The van der Waals surface area contributed by atoms with Gasteiger partial charge in [0.25, 0.3) is 0 Å². The molecule has 1 N–H and O–H groups in total. The third kappa shape index (κ3) is 0.772. The fourth-order valence-electron chi connectivity index (χ4n) is 1.90. The largest absolute Gasteiger partial charge is 0.512 e. The molecule has 0 unspecified atom stereocenters. The Morgan fingerprint density at radius 3 is 3.10 bits per heavy atom. The van der Waals surface area contributed by atoms with Crippen molar-refractivity contribution >= 4 is 0 Å². The molecule has 0 spiro atoms. The van der Waals surface area contributed by atoms with Crippen molar-refractivity contribution in [2.75, 3.05) is 0 Å². The lowest BCUT2D eigenvalue weighted by Crippen LogP contribution is -2.01. The van der Waals surface area contributed by atoms with Gasteiger partial charge in [0.15, 0.2) is 0 Å². The predicted octanol–water partition coefficient (Wildman–Crippen LogP) is 2.56. The lowest BCUT2D eigenvalue weighted by atomic mass is 9.91. The average Bonchev–Trinajstić information content (AvgIpc) is 2.34. The zero-order chi connectivity index (χ0) is 6.97. The summed E-state index contributed by atoms with van der Waals surface area (Å²) in [7, 11) is 0. The van der Waals surface area contributed by atoms with E-state index in [4.69, 9.17) is 0 Å². The van der Waals surface area contributed by atoms with Crippen molar-refractivity contribution in [3.8, 4) is 0 Å². The van der Waals surface area contributed by atoms with E-state index in [1.54, 1.807) is 0 Å². The third-order valence-electron chi connectivity index (χ3n) is 2.52. The molecule has 0 aromatic rings. The van der Waals surface area contributed by atoms with Crippen LogP contribution in [0.1, 0.15) is 25.7 Å². The highest BCUT2D eigenvalue weighted by molar-refractivity contribution is 5.24. The fraction of sp³-hybridized carbons (Fsp3) is 0.556. The Bertz CT molecular complexity index is 201. The standard InChI is InChI=1S/C9H12O/c10-9-6-5-7-3-1-2-4-8(7)9/h1-2,7,10H,3-6H2/t7-/m1/s1. The molecule has 2 aliphatic carbocycles. The first-order valence-electron chi connectivity index (χ1n) is 3.94. The highest BCUT2D eigenvalue weighted by atomic mass is 16.3. The minimum absolute atomic E-state index is 0.675. The van der Waals surface area contributed by atoms with Gasteiger partial charge in [-0.05, 0) is 30.8 Å². The van der Waals surface area contributed by atoms with Crippen molar-refractivity contribution in [3.63, 3.8) is 0 Å². The Labute approximate surface area is 61.1 Å². The first-order chi connectivity index (χ1) is 4.88. The molecule has 0 aromatic carbocycles. The Morgan fingerprint density at radius 1 is 1.40 bits per heavy atom. The van der Waals surface area contributed by atoms with Crippen LogP contribution in [0.25, 0.3) is 0 Å².